The first-order valence-corrected chi connectivity index (χ1v) is 17.6. The average molecular weight is 665 g/mol. The summed E-state index contributed by atoms with van der Waals surface area (Å²) in [4.78, 5) is 7.09. The van der Waals surface area contributed by atoms with Gasteiger partial charge in [0.1, 0.15) is 29.2 Å². The number of fused-ring (bicyclic) bond motifs is 1. The summed E-state index contributed by atoms with van der Waals surface area (Å²) in [5.41, 5.74) is 2.57. The molecule has 2 aromatic rings. The van der Waals surface area contributed by atoms with Crippen molar-refractivity contribution >= 4 is 15.9 Å². The first kappa shape index (κ1) is 33.1. The fourth-order valence-corrected chi connectivity index (χ4v) is 7.99. The van der Waals surface area contributed by atoms with E-state index in [0.717, 1.165) is 41.9 Å². The minimum Gasteiger partial charge on any atom is -0.501 e. The number of hydrogen-bond acceptors (Lipinski definition) is 8. The van der Waals surface area contributed by atoms with Crippen LogP contribution in [-0.2, 0) is 19.5 Å². The first-order valence-electron chi connectivity index (χ1n) is 16.2. The topological polar surface area (TPSA) is 104 Å². The largest absolute Gasteiger partial charge is 0.501 e. The Morgan fingerprint density at radius 2 is 1.85 bits per heavy atom. The van der Waals surface area contributed by atoms with E-state index in [1.807, 2.05) is 66.9 Å². The van der Waals surface area contributed by atoms with E-state index in [1.54, 1.807) is 48.9 Å². The Kier molecular flexibility index (Phi) is 9.99. The third kappa shape index (κ3) is 7.03. The molecule has 10 heteroatoms. The van der Waals surface area contributed by atoms with Gasteiger partial charge in [-0.25, -0.2) is 8.42 Å². The van der Waals surface area contributed by atoms with Gasteiger partial charge in [0.25, 0.3) is 0 Å². The normalized spacial score (nSPS) is 21.8. The van der Waals surface area contributed by atoms with Crippen molar-refractivity contribution in [1.29, 1.82) is 5.26 Å². The zero-order valence-electron chi connectivity index (χ0n) is 27.5. The number of amidine groups is 1. The molecule has 0 aromatic heterocycles. The van der Waals surface area contributed by atoms with Crippen molar-refractivity contribution in [3.8, 4) is 17.6 Å². The maximum Gasteiger partial charge on any atom is 0.243 e. The zero-order valence-corrected chi connectivity index (χ0v) is 28.3. The second-order valence-electron chi connectivity index (χ2n) is 12.1. The number of aliphatic imine (C=N–C) groups is 1. The van der Waals surface area contributed by atoms with Gasteiger partial charge in [0.05, 0.1) is 42.5 Å². The molecule has 2 aliphatic heterocycles. The van der Waals surface area contributed by atoms with E-state index in [0.29, 0.717) is 35.9 Å². The number of benzene rings is 2. The molecule has 0 N–H and O–H groups in total. The molecular formula is C38H40N4O5S. The fraction of sp³-hybridized carbons (Fsp3) is 0.316. The molecule has 248 valence electrons. The van der Waals surface area contributed by atoms with Crippen molar-refractivity contribution in [3.63, 3.8) is 0 Å². The zero-order chi connectivity index (χ0) is 33.7. The number of rotatable bonds is 12. The highest BCUT2D eigenvalue weighted by molar-refractivity contribution is 7.89. The van der Waals surface area contributed by atoms with Crippen molar-refractivity contribution in [2.45, 2.75) is 49.6 Å². The maximum atomic E-state index is 14.3. The molecule has 0 saturated carbocycles. The summed E-state index contributed by atoms with van der Waals surface area (Å²) in [5, 5.41) is 9.63. The Labute approximate surface area is 283 Å². The molecule has 3 unspecified atom stereocenters. The van der Waals surface area contributed by atoms with Gasteiger partial charge in [0, 0.05) is 31.8 Å². The standard InChI is InChI=1S/C38H40N4O5S/c1-4-36-37(42-21-7-9-30(24-39)38(42)40-36)29-8-5-10-33(22-29)47-34-11-6-12-35(23-34)48(43,44)41(25-27-13-17-31(45-2)18-14-27)26-28-15-19-32(46-3)20-16-28/h5-13,15,17-19,21-23,27,36-37H,4,14,16,20,25-26H2,1-3H3. The predicted molar refractivity (Wildman–Crippen MR) is 185 cm³/mol. The van der Waals surface area contributed by atoms with E-state index >= 15 is 0 Å². The molecule has 2 aromatic carbocycles. The van der Waals surface area contributed by atoms with Crippen LogP contribution in [0.1, 0.15) is 44.2 Å². The SMILES string of the molecule is CCC1N=C2C(C#N)=CC=CN2C1c1cccc(Oc2cccc(S(=O)(=O)N(CC3=CC=C(OC)CC3)CC3C=CC(OC)=CC3)c2)c1. The number of sulfonamides is 1. The lowest BCUT2D eigenvalue weighted by atomic mass is 9.97. The van der Waals surface area contributed by atoms with Gasteiger partial charge in [0.15, 0.2) is 0 Å². The molecule has 6 rings (SSSR count). The minimum absolute atomic E-state index is 0.0108. The van der Waals surface area contributed by atoms with Crippen LogP contribution < -0.4 is 4.74 Å². The van der Waals surface area contributed by atoms with Crippen LogP contribution in [0.25, 0.3) is 0 Å². The summed E-state index contributed by atoms with van der Waals surface area (Å²) in [7, 11) is -0.609. The number of methoxy groups -OCH3 is 2. The van der Waals surface area contributed by atoms with E-state index in [4.69, 9.17) is 19.2 Å². The highest BCUT2D eigenvalue weighted by Crippen LogP contribution is 2.39. The van der Waals surface area contributed by atoms with Gasteiger partial charge in [0.2, 0.25) is 10.0 Å². The highest BCUT2D eigenvalue weighted by atomic mass is 32.2. The second kappa shape index (κ2) is 14.5. The van der Waals surface area contributed by atoms with Crippen LogP contribution in [0.5, 0.6) is 11.5 Å². The van der Waals surface area contributed by atoms with Crippen LogP contribution in [0.15, 0.2) is 130 Å². The molecule has 2 heterocycles. The molecule has 3 atom stereocenters. The Morgan fingerprint density at radius 1 is 1.04 bits per heavy atom. The lowest BCUT2D eigenvalue weighted by molar-refractivity contribution is 0.274. The van der Waals surface area contributed by atoms with E-state index in [-0.39, 0.29) is 29.4 Å². The first-order chi connectivity index (χ1) is 23.3. The van der Waals surface area contributed by atoms with E-state index in [2.05, 4.69) is 17.9 Å². The number of nitrogens with zero attached hydrogens (tertiary/aromatic N) is 4. The van der Waals surface area contributed by atoms with Gasteiger partial charge in [-0.05, 0) is 85.4 Å². The summed E-state index contributed by atoms with van der Waals surface area (Å²) in [6, 6.07) is 16.6. The summed E-state index contributed by atoms with van der Waals surface area (Å²) in [6.07, 6.45) is 18.4. The minimum atomic E-state index is -3.89. The summed E-state index contributed by atoms with van der Waals surface area (Å²) < 4.78 is 47.2. The molecule has 4 aliphatic rings. The van der Waals surface area contributed by atoms with Crippen molar-refractivity contribution in [2.75, 3.05) is 27.3 Å². The van der Waals surface area contributed by atoms with Crippen molar-refractivity contribution < 1.29 is 22.6 Å². The molecule has 0 fully saturated rings. The van der Waals surface area contributed by atoms with Crippen LogP contribution in [0.2, 0.25) is 0 Å². The van der Waals surface area contributed by atoms with E-state index < -0.39 is 10.0 Å². The third-order valence-corrected chi connectivity index (χ3v) is 10.8. The smallest absolute Gasteiger partial charge is 0.243 e. The lowest BCUT2D eigenvalue weighted by Gasteiger charge is -2.29. The van der Waals surface area contributed by atoms with Crippen LogP contribution in [0.4, 0.5) is 0 Å². The van der Waals surface area contributed by atoms with E-state index in [1.165, 1.54) is 0 Å². The van der Waals surface area contributed by atoms with E-state index in [9.17, 15) is 13.7 Å². The van der Waals surface area contributed by atoms with Gasteiger partial charge in [-0.1, -0.05) is 42.8 Å². The second-order valence-corrected chi connectivity index (χ2v) is 14.0. The highest BCUT2D eigenvalue weighted by Gasteiger charge is 2.38. The number of ether oxygens (including phenoxy) is 3. The van der Waals surface area contributed by atoms with Crippen LogP contribution in [0, 0.1) is 17.2 Å². The number of nitriles is 1. The number of hydrogen-bond donors (Lipinski definition) is 0. The predicted octanol–water partition coefficient (Wildman–Crippen LogP) is 7.34. The molecule has 2 aliphatic carbocycles. The maximum absolute atomic E-state index is 14.3. The summed E-state index contributed by atoms with van der Waals surface area (Å²) in [5.74, 6) is 3.37. The Bertz CT molecular complexity index is 1910. The summed E-state index contributed by atoms with van der Waals surface area (Å²) in [6.45, 7) is 2.70. The van der Waals surface area contributed by atoms with Gasteiger partial charge in [-0.2, -0.15) is 9.57 Å². The van der Waals surface area contributed by atoms with Crippen LogP contribution >= 0.6 is 0 Å². The molecule has 0 bridgehead atoms. The fourth-order valence-electron chi connectivity index (χ4n) is 6.45. The Balaban J connectivity index is 1.24. The molecule has 0 saturated heterocycles. The molecule has 48 heavy (non-hydrogen) atoms. The summed E-state index contributed by atoms with van der Waals surface area (Å²) >= 11 is 0. The van der Waals surface area contributed by atoms with Crippen LogP contribution in [-0.4, -0.2) is 56.8 Å². The van der Waals surface area contributed by atoms with Crippen molar-refractivity contribution in [3.05, 3.63) is 125 Å². The quantitative estimate of drug-likeness (QED) is 0.234. The average Bonchev–Trinajstić information content (AvgIpc) is 3.51. The molecule has 9 nitrogen and oxygen atoms in total. The van der Waals surface area contributed by atoms with Gasteiger partial charge < -0.3 is 19.1 Å². The molecule has 0 amide bonds. The van der Waals surface area contributed by atoms with Crippen molar-refractivity contribution in [2.24, 2.45) is 10.9 Å². The van der Waals surface area contributed by atoms with Crippen LogP contribution in [0.3, 0.4) is 0 Å². The third-order valence-electron chi connectivity index (χ3n) is 9.03. The lowest BCUT2D eigenvalue weighted by Crippen LogP contribution is -2.37. The molecule has 0 spiro atoms. The molecular weight excluding hydrogens is 625 g/mol. The monoisotopic (exact) mass is 664 g/mol. The molecule has 0 radical (unpaired) electrons. The number of allylic oxidation sites excluding steroid dienone is 7. The Morgan fingerprint density at radius 3 is 2.54 bits per heavy atom. The van der Waals surface area contributed by atoms with Gasteiger partial charge in [-0.3, -0.25) is 4.99 Å². The van der Waals surface area contributed by atoms with Crippen molar-refractivity contribution in [1.82, 2.24) is 9.21 Å². The van der Waals surface area contributed by atoms with Gasteiger partial charge in [-0.15, -0.1) is 0 Å². The van der Waals surface area contributed by atoms with Gasteiger partial charge >= 0.3 is 0 Å². The Hall–Kier alpha value is -4.85.